The van der Waals surface area contributed by atoms with E-state index in [1.54, 1.807) is 15.3 Å². The summed E-state index contributed by atoms with van der Waals surface area (Å²) in [4.78, 5) is 33.3. The summed E-state index contributed by atoms with van der Waals surface area (Å²) in [6, 6.07) is 53.9. The number of aromatic nitrogens is 6. The van der Waals surface area contributed by atoms with E-state index in [0.29, 0.717) is 17.5 Å². The van der Waals surface area contributed by atoms with E-state index >= 15 is 0 Å². The summed E-state index contributed by atoms with van der Waals surface area (Å²) >= 11 is 0. The van der Waals surface area contributed by atoms with Gasteiger partial charge in [-0.1, -0.05) is 115 Å². The first-order valence-electron chi connectivity index (χ1n) is 16.4. The van der Waals surface area contributed by atoms with E-state index in [1.165, 1.54) is 0 Å². The minimum absolute atomic E-state index is 0.139. The molecule has 0 aliphatic rings. The molecule has 0 unspecified atom stereocenters. The average Bonchev–Trinajstić information content (AvgIpc) is 3.49. The Balaban J connectivity index is 1.16. The zero-order valence-electron chi connectivity index (χ0n) is 26.8. The molecular formula is C43H28N6O. The molecule has 0 bridgehead atoms. The number of fused-ring (bicyclic) bond motifs is 2. The number of pyridine rings is 1. The summed E-state index contributed by atoms with van der Waals surface area (Å²) in [5.74, 6) is 1.84. The first kappa shape index (κ1) is 29.2. The number of imidazole rings is 1. The van der Waals surface area contributed by atoms with Crippen LogP contribution in [0.4, 0.5) is 0 Å². The van der Waals surface area contributed by atoms with Gasteiger partial charge in [0.1, 0.15) is 0 Å². The summed E-state index contributed by atoms with van der Waals surface area (Å²) in [5, 5.41) is 0.966. The van der Waals surface area contributed by atoms with Gasteiger partial charge in [0, 0.05) is 28.3 Å². The van der Waals surface area contributed by atoms with Crippen LogP contribution >= 0.6 is 0 Å². The Hall–Kier alpha value is -6.99. The van der Waals surface area contributed by atoms with Crippen LogP contribution in [0.25, 0.3) is 78.6 Å². The minimum atomic E-state index is -0.139. The maximum atomic E-state index is 14.2. The third-order valence-electron chi connectivity index (χ3n) is 8.87. The molecule has 3 heterocycles. The lowest BCUT2D eigenvalue weighted by Gasteiger charge is -2.10. The van der Waals surface area contributed by atoms with Gasteiger partial charge in [-0.3, -0.25) is 14.1 Å². The van der Waals surface area contributed by atoms with Gasteiger partial charge in [-0.25, -0.2) is 19.7 Å². The first-order valence-corrected chi connectivity index (χ1v) is 16.4. The second-order valence-corrected chi connectivity index (χ2v) is 12.0. The van der Waals surface area contributed by atoms with E-state index < -0.39 is 0 Å². The van der Waals surface area contributed by atoms with Gasteiger partial charge in [-0.2, -0.15) is 0 Å². The predicted molar refractivity (Wildman–Crippen MR) is 199 cm³/mol. The fourth-order valence-electron chi connectivity index (χ4n) is 6.40. The molecule has 0 aliphatic carbocycles. The molecule has 0 atom stereocenters. The maximum absolute atomic E-state index is 14.2. The second kappa shape index (κ2) is 12.2. The Morgan fingerprint density at radius 3 is 1.58 bits per heavy atom. The van der Waals surface area contributed by atoms with Gasteiger partial charge in [0.2, 0.25) is 0 Å². The highest BCUT2D eigenvalue weighted by molar-refractivity contribution is 5.87. The van der Waals surface area contributed by atoms with Crippen molar-refractivity contribution < 1.29 is 0 Å². The number of nitrogens with zero attached hydrogens (tertiary/aromatic N) is 6. The fourth-order valence-corrected chi connectivity index (χ4v) is 6.40. The maximum Gasteiger partial charge on any atom is 0.338 e. The summed E-state index contributed by atoms with van der Waals surface area (Å²) in [7, 11) is 0. The number of hydrogen-bond acceptors (Lipinski definition) is 5. The van der Waals surface area contributed by atoms with Crippen molar-refractivity contribution >= 4 is 21.9 Å². The SMILES string of the molecule is O=c1n(-c2ccccc2)c2ccc(-c3ccc(-c4nc(-c5ccccc5)nc(-c5ccccc5)n4)cc3)cc2n1-c1ccc2ncccc2c1. The van der Waals surface area contributed by atoms with Crippen LogP contribution in [0, 0.1) is 0 Å². The monoisotopic (exact) mass is 644 g/mol. The molecule has 6 aromatic carbocycles. The lowest BCUT2D eigenvalue weighted by atomic mass is 10.0. The Labute approximate surface area is 287 Å². The quantitative estimate of drug-likeness (QED) is 0.180. The molecule has 50 heavy (non-hydrogen) atoms. The summed E-state index contributed by atoms with van der Waals surface area (Å²) in [6.07, 6.45) is 1.78. The van der Waals surface area contributed by atoms with Gasteiger partial charge in [-0.05, 0) is 59.7 Å². The highest BCUT2D eigenvalue weighted by Gasteiger charge is 2.18. The first-order chi connectivity index (χ1) is 24.7. The largest absolute Gasteiger partial charge is 0.338 e. The standard InChI is InChI=1S/C43H28N6O/c50-43-48(35-16-8-3-9-17-35)38-25-22-33(28-39(38)49(43)36-23-24-37-34(27-36)15-10-26-44-37)29-18-20-32(21-19-29)42-46-40(30-11-4-1-5-12-30)45-41(47-42)31-13-6-2-7-14-31/h1-28H. The van der Waals surface area contributed by atoms with Gasteiger partial charge in [-0.15, -0.1) is 0 Å². The highest BCUT2D eigenvalue weighted by atomic mass is 16.1. The molecule has 0 fully saturated rings. The van der Waals surface area contributed by atoms with Crippen LogP contribution < -0.4 is 5.69 Å². The van der Waals surface area contributed by atoms with E-state index in [1.807, 2.05) is 140 Å². The van der Waals surface area contributed by atoms with Crippen molar-refractivity contribution in [2.75, 3.05) is 0 Å². The van der Waals surface area contributed by atoms with Crippen LogP contribution in [0.1, 0.15) is 0 Å². The van der Waals surface area contributed by atoms with Gasteiger partial charge in [0.25, 0.3) is 0 Å². The highest BCUT2D eigenvalue weighted by Crippen LogP contribution is 2.31. The molecule has 0 saturated carbocycles. The van der Waals surface area contributed by atoms with Gasteiger partial charge < -0.3 is 0 Å². The Kier molecular flexibility index (Phi) is 7.13. The molecule has 0 N–H and O–H groups in total. The van der Waals surface area contributed by atoms with Crippen LogP contribution in [-0.2, 0) is 0 Å². The normalized spacial score (nSPS) is 11.3. The van der Waals surface area contributed by atoms with Crippen molar-refractivity contribution in [1.29, 1.82) is 0 Å². The molecule has 0 aliphatic heterocycles. The molecule has 9 aromatic rings. The third kappa shape index (κ3) is 5.23. The molecule has 0 spiro atoms. The van der Waals surface area contributed by atoms with Crippen LogP contribution in [0.3, 0.4) is 0 Å². The van der Waals surface area contributed by atoms with Gasteiger partial charge >= 0.3 is 5.69 Å². The van der Waals surface area contributed by atoms with Crippen molar-refractivity contribution in [1.82, 2.24) is 29.1 Å². The molecule has 7 heteroatoms. The number of hydrogen-bond donors (Lipinski definition) is 0. The molecule has 0 saturated heterocycles. The topological polar surface area (TPSA) is 78.5 Å². The second-order valence-electron chi connectivity index (χ2n) is 12.0. The Morgan fingerprint density at radius 2 is 0.940 bits per heavy atom. The lowest BCUT2D eigenvalue weighted by molar-refractivity contribution is 0.931. The van der Waals surface area contributed by atoms with E-state index in [4.69, 9.17) is 15.0 Å². The lowest BCUT2D eigenvalue weighted by Crippen LogP contribution is -2.22. The van der Waals surface area contributed by atoms with Crippen molar-refractivity contribution in [3.63, 3.8) is 0 Å². The number of rotatable bonds is 6. The number of para-hydroxylation sites is 1. The molecule has 3 aromatic heterocycles. The number of benzene rings is 6. The smallest absolute Gasteiger partial charge is 0.260 e. The minimum Gasteiger partial charge on any atom is -0.260 e. The van der Waals surface area contributed by atoms with Gasteiger partial charge in [0.05, 0.1) is 27.9 Å². The van der Waals surface area contributed by atoms with Crippen molar-refractivity contribution in [3.8, 4) is 56.7 Å². The van der Waals surface area contributed by atoms with Crippen LogP contribution in [-0.4, -0.2) is 29.1 Å². The van der Waals surface area contributed by atoms with E-state index in [2.05, 4.69) is 29.2 Å². The zero-order chi connectivity index (χ0) is 33.4. The summed E-state index contributed by atoms with van der Waals surface area (Å²) < 4.78 is 3.55. The van der Waals surface area contributed by atoms with Crippen molar-refractivity contribution in [3.05, 3.63) is 180 Å². The van der Waals surface area contributed by atoms with Crippen LogP contribution in [0.5, 0.6) is 0 Å². The zero-order valence-corrected chi connectivity index (χ0v) is 26.8. The van der Waals surface area contributed by atoms with Crippen LogP contribution in [0.2, 0.25) is 0 Å². The van der Waals surface area contributed by atoms with E-state index in [-0.39, 0.29) is 5.69 Å². The molecule has 0 amide bonds. The molecule has 9 rings (SSSR count). The average molecular weight is 645 g/mol. The predicted octanol–water partition coefficient (Wildman–Crippen LogP) is 9.18. The van der Waals surface area contributed by atoms with Crippen LogP contribution in [0.15, 0.2) is 175 Å². The summed E-state index contributed by atoms with van der Waals surface area (Å²) in [5.41, 5.74) is 8.67. The molecule has 0 radical (unpaired) electrons. The molecular weight excluding hydrogens is 617 g/mol. The van der Waals surface area contributed by atoms with E-state index in [9.17, 15) is 4.79 Å². The van der Waals surface area contributed by atoms with Crippen molar-refractivity contribution in [2.45, 2.75) is 0 Å². The summed E-state index contributed by atoms with van der Waals surface area (Å²) in [6.45, 7) is 0. The Bertz CT molecular complexity index is 2650. The van der Waals surface area contributed by atoms with E-state index in [0.717, 1.165) is 61.1 Å². The fraction of sp³-hybridized carbons (Fsp3) is 0. The Morgan fingerprint density at radius 1 is 0.400 bits per heavy atom. The molecule has 236 valence electrons. The van der Waals surface area contributed by atoms with Gasteiger partial charge in [0.15, 0.2) is 17.5 Å². The molecule has 7 nitrogen and oxygen atoms in total. The third-order valence-corrected chi connectivity index (χ3v) is 8.87. The van der Waals surface area contributed by atoms with Crippen molar-refractivity contribution in [2.24, 2.45) is 0 Å².